The molecule has 2 saturated heterocycles. The summed E-state index contributed by atoms with van der Waals surface area (Å²) < 4.78 is 44.9. The summed E-state index contributed by atoms with van der Waals surface area (Å²) in [4.78, 5) is 97.5. The summed E-state index contributed by atoms with van der Waals surface area (Å²) in [5.74, 6) is 3.65. The van der Waals surface area contributed by atoms with E-state index in [0.717, 1.165) is 49.4 Å². The number of ether oxygens (including phenoxy) is 3. The van der Waals surface area contributed by atoms with E-state index in [4.69, 9.17) is 60.9 Å². The summed E-state index contributed by atoms with van der Waals surface area (Å²) in [5, 5.41) is 79.4. The van der Waals surface area contributed by atoms with Gasteiger partial charge in [0, 0.05) is 116 Å². The predicted octanol–water partition coefficient (Wildman–Crippen LogP) is 9.62. The van der Waals surface area contributed by atoms with Crippen LogP contribution in [0.3, 0.4) is 0 Å². The second-order valence-electron chi connectivity index (χ2n) is 29.3. The van der Waals surface area contributed by atoms with Gasteiger partial charge in [-0.05, 0) is 156 Å². The number of benzene rings is 3. The van der Waals surface area contributed by atoms with Crippen LogP contribution in [0.5, 0.6) is 11.5 Å². The Hall–Kier alpha value is -14.1. The van der Waals surface area contributed by atoms with Crippen molar-refractivity contribution in [1.29, 1.82) is 10.5 Å². The summed E-state index contributed by atoms with van der Waals surface area (Å²) in [6, 6.07) is 26.4. The van der Waals surface area contributed by atoms with Crippen LogP contribution in [0.15, 0.2) is 165 Å². The average Bonchev–Trinajstić information content (AvgIpc) is 1.18. The maximum absolute atomic E-state index is 12.1. The predicted molar refractivity (Wildman–Crippen MR) is 448 cm³/mol. The van der Waals surface area contributed by atoms with E-state index in [1.807, 2.05) is 39.1 Å². The van der Waals surface area contributed by atoms with E-state index < -0.39 is 55.8 Å². The summed E-state index contributed by atoms with van der Waals surface area (Å²) >= 11 is 5.70. The van der Waals surface area contributed by atoms with E-state index in [-0.39, 0.29) is 72.0 Å². The number of anilines is 5. The van der Waals surface area contributed by atoms with Gasteiger partial charge in [0.15, 0.2) is 41.5 Å². The number of pyridine rings is 3. The Morgan fingerprint density at radius 2 is 1.42 bits per heavy atom. The molecule has 122 heavy (non-hydrogen) atoms. The topological polar surface area (TPSA) is 546 Å². The molecule has 4 aromatic heterocycles. The lowest BCUT2D eigenvalue weighted by atomic mass is 9.85. The number of aliphatic hydroxyl groups is 2. The minimum Gasteiger partial charge on any atom is -0.487 e. The number of amides is 2. The van der Waals surface area contributed by atoms with Crippen molar-refractivity contribution in [2.24, 2.45) is 19.8 Å². The van der Waals surface area contributed by atoms with E-state index in [1.165, 1.54) is 31.0 Å². The van der Waals surface area contributed by atoms with Gasteiger partial charge < -0.3 is 76.5 Å². The average molecular weight is 1720 g/mol. The number of allylic oxidation sites excluding steroid dienone is 2. The maximum atomic E-state index is 12.1. The van der Waals surface area contributed by atoms with Gasteiger partial charge in [-0.25, -0.2) is 14.7 Å². The van der Waals surface area contributed by atoms with E-state index in [2.05, 4.69) is 106 Å². The molecule has 0 bridgehead atoms. The molecule has 2 fully saturated rings. The van der Waals surface area contributed by atoms with Crippen LogP contribution in [-0.4, -0.2) is 169 Å². The van der Waals surface area contributed by atoms with Gasteiger partial charge in [0.05, 0.1) is 49.1 Å². The highest BCUT2D eigenvalue weighted by Crippen LogP contribution is 2.47. The number of rotatable bonds is 16. The van der Waals surface area contributed by atoms with Crippen molar-refractivity contribution in [2.45, 2.75) is 154 Å². The maximum Gasteiger partial charge on any atom is 0.383 e. The minimum atomic E-state index is -3.57. The number of aromatic nitrogens is 5. The zero-order chi connectivity index (χ0) is 89.5. The van der Waals surface area contributed by atoms with E-state index in [0.29, 0.717) is 104 Å². The number of aliphatic hydroxyl groups excluding tert-OH is 2. The fourth-order valence-corrected chi connectivity index (χ4v) is 13.4. The van der Waals surface area contributed by atoms with Gasteiger partial charge in [-0.1, -0.05) is 49.5 Å². The first kappa shape index (κ1) is 95.0. The first-order chi connectivity index (χ1) is 57.9. The Kier molecular flexibility index (Phi) is 34.7. The molecule has 644 valence electrons. The van der Waals surface area contributed by atoms with E-state index in [1.54, 1.807) is 136 Å². The monoisotopic (exact) mass is 1720 g/mol. The number of aliphatic imine (C=N–C) groups is 2. The SMILES string of the molecule is CC(N=C(NC#N)Nc1ccncc1)C(C)(C)C.CC1=NS(=O)(=O)c2cc(Cl)ccc2N1.N#CNC(=NCCO[N+](=O)[O-])c1cccnc1.Nc1cc(N2CCCCC2)nc(N)[n+]1O.O=C(NCCO[N+](=O)[O-])c1cccnc1.[C-]#[N+]c1ccc2c(c1)[C@@H](N1CCCC1=O)[C@@H](O)C(C)(C)O2.[C-]#[N+]c1ccc2c(c1)[C@@H](OC1=CC(=O)CC1)[C@@H](O)C(C)(C)O2. The van der Waals surface area contributed by atoms with Crippen LogP contribution < -0.4 is 57.2 Å². The van der Waals surface area contributed by atoms with Gasteiger partial charge in [-0.2, -0.15) is 18.9 Å². The molecule has 6 aliphatic rings. The number of carbonyl (C=O) groups excluding carboxylic acids is 3. The highest BCUT2D eigenvalue weighted by Gasteiger charge is 2.48. The summed E-state index contributed by atoms with van der Waals surface area (Å²) in [5.41, 5.74) is 14.3. The second-order valence-corrected chi connectivity index (χ2v) is 31.3. The largest absolute Gasteiger partial charge is 0.487 e. The first-order valence-electron chi connectivity index (χ1n) is 37.9. The number of fused-ring (bicyclic) bond motifs is 3. The number of piperidine rings is 1. The summed E-state index contributed by atoms with van der Waals surface area (Å²) in [6.45, 7) is 33.8. The van der Waals surface area contributed by atoms with Crippen LogP contribution in [0.2, 0.25) is 5.02 Å². The van der Waals surface area contributed by atoms with Crippen LogP contribution in [0.4, 0.5) is 40.3 Å². The number of nitriles is 2. The lowest BCUT2D eigenvalue weighted by molar-refractivity contribution is -0.883. The molecule has 7 aromatic rings. The van der Waals surface area contributed by atoms with Crippen molar-refractivity contribution in [1.82, 2.24) is 40.8 Å². The van der Waals surface area contributed by atoms with Gasteiger partial charge in [0.25, 0.3) is 26.1 Å². The summed E-state index contributed by atoms with van der Waals surface area (Å²) in [6.07, 6.45) is 18.0. The number of nitrogen functional groups attached to an aromatic ring is 2. The molecule has 9 heterocycles. The second kappa shape index (κ2) is 44.6. The van der Waals surface area contributed by atoms with Crippen LogP contribution in [0, 0.1) is 61.7 Å². The lowest BCUT2D eigenvalue weighted by Crippen LogP contribution is -2.53. The molecule has 0 radical (unpaired) electrons. The third-order valence-corrected chi connectivity index (χ3v) is 20.2. The van der Waals surface area contributed by atoms with Gasteiger partial charge in [0.2, 0.25) is 17.7 Å². The van der Waals surface area contributed by atoms with Gasteiger partial charge in [-0.15, -0.1) is 24.6 Å². The molecule has 0 spiro atoms. The molecule has 40 nitrogen and oxygen atoms in total. The van der Waals surface area contributed by atoms with Crippen molar-refractivity contribution in [3.63, 3.8) is 0 Å². The van der Waals surface area contributed by atoms with Crippen molar-refractivity contribution < 1.29 is 77.0 Å². The number of hydrogen-bond acceptors (Lipinski definition) is 29. The number of amidine groups is 2. The van der Waals surface area contributed by atoms with Crippen LogP contribution in [-0.2, 0) is 34.0 Å². The first-order valence-corrected chi connectivity index (χ1v) is 39.7. The number of guanidine groups is 1. The standard InChI is InChI=1S/C17H17NO4.C16H18N2O3.C13H19N5.C9H9N5O3.C9H15N5O.C8H7ClN2O2S.C8H9N3O4/c1-17(2)16(20)15(21-12-6-5-11(19)9-12)13-8-10(18-3)4-7-14(13)22-17;1-16(2)15(20)14(18-8-4-5-13(18)19)11-9-10(17-3)6-7-12(11)21-16;1-10(13(2,3)4)17-12(16-9-14)18-11-5-7-15-8-6-11;10-7-13-9(8-2-1-3-11-6-8)12-4-5-17-14(15)16;10-7-6-8(12-9(11)14(7)15)13-4-2-1-3-5-13;1-5-10-7-3-2-6(9)4-8(7)14(12,13)11-5;12-8(7-2-1-3-9-6-7)10-4-5-15-11(13)14/h4,7-9,15-16,20H,5-6H2,1-2H3;6-7,9,14-15,20H,4-5,8H2,1-2H3;5-8,10H,1-4H3,(H2,15,16,17,18);1-3,6H,4-5H2,(H,12,13);6,15H,1-5H2,(H3,10,11,12);2-4H,1H3,(H,10,11);1-3,6H,4-5H2,(H,10,12)/p+1/t15-,16-;14-,15-;;;;;/m11...../s1. The highest BCUT2D eigenvalue weighted by molar-refractivity contribution is 7.90. The Morgan fingerprint density at radius 1 is 0.811 bits per heavy atom. The Bertz CT molecular complexity index is 5220. The number of sulfonamides is 1. The number of ketones is 1. The molecule has 5 atom stereocenters. The fraction of sp³-hybridized carbons (Fsp3) is 0.388. The molecule has 0 saturated carbocycles. The lowest BCUT2D eigenvalue weighted by Gasteiger charge is -2.45. The highest BCUT2D eigenvalue weighted by atomic mass is 35.5. The molecule has 2 amide bonds. The Morgan fingerprint density at radius 3 is 1.98 bits per heavy atom. The normalized spacial score (nSPS) is 18.0. The number of nitrogens with one attached hydrogen (secondary N) is 5. The van der Waals surface area contributed by atoms with Crippen molar-refractivity contribution in [3.8, 4) is 23.9 Å². The molecule has 13 rings (SSSR count). The smallest absolute Gasteiger partial charge is 0.383 e. The third kappa shape index (κ3) is 28.3. The molecule has 3 aromatic carbocycles. The van der Waals surface area contributed by atoms with Crippen LogP contribution in [0.1, 0.15) is 146 Å². The van der Waals surface area contributed by atoms with Gasteiger partial charge in [-0.3, -0.25) is 45.0 Å². The molecule has 1 unspecified atom stereocenters. The number of nitrogens with two attached hydrogens (primary N) is 2. The Balaban J connectivity index is 0.000000197. The zero-order valence-corrected chi connectivity index (χ0v) is 69.8. The molecule has 1 aliphatic carbocycles. The number of likely N-dealkylation sites (tertiary alicyclic amines) is 1. The van der Waals surface area contributed by atoms with Gasteiger partial charge >= 0.3 is 5.95 Å². The van der Waals surface area contributed by atoms with Crippen molar-refractivity contribution >= 4 is 97.2 Å². The molecule has 42 heteroatoms. The summed E-state index contributed by atoms with van der Waals surface area (Å²) in [7, 11) is -3.57. The molecule has 12 N–H and O–H groups in total. The van der Waals surface area contributed by atoms with Gasteiger partial charge in [0.1, 0.15) is 70.4 Å². The quantitative estimate of drug-likeness (QED) is 0.00411. The molecular weight excluding hydrogens is 1620 g/mol. The molecular formula is C80H95ClN23O17S+. The van der Waals surface area contributed by atoms with E-state index >= 15 is 0 Å². The number of hydrogen-bond donors (Lipinski definition) is 10. The Labute approximate surface area is 708 Å². The van der Waals surface area contributed by atoms with Crippen LogP contribution in [0.25, 0.3) is 9.69 Å². The van der Waals surface area contributed by atoms with Crippen molar-refractivity contribution in [3.05, 3.63) is 216 Å². The van der Waals surface area contributed by atoms with Crippen molar-refractivity contribution in [2.75, 3.05) is 72.9 Å². The number of carbonyl (C=O) groups is 3. The number of nitrogens with zero attached hydrogens (tertiary/aromatic N) is 16. The zero-order valence-electron chi connectivity index (χ0n) is 68.2. The minimum absolute atomic E-state index is 0.0237. The molecule has 5 aliphatic heterocycles. The van der Waals surface area contributed by atoms with E-state index in [9.17, 15) is 58.5 Å². The fourth-order valence-electron chi connectivity index (χ4n) is 12.0. The van der Waals surface area contributed by atoms with Crippen LogP contribution >= 0.6 is 11.6 Å². The number of halogens is 1. The third-order valence-electron chi connectivity index (χ3n) is 18.6.